The molecule has 0 aliphatic rings. The maximum atomic E-state index is 4.27. The fourth-order valence-corrected chi connectivity index (χ4v) is 1.93. The highest BCUT2D eigenvalue weighted by atomic mass is 79.9. The van der Waals surface area contributed by atoms with Crippen molar-refractivity contribution in [1.82, 2.24) is 4.98 Å². The van der Waals surface area contributed by atoms with Crippen molar-refractivity contribution in [2.24, 2.45) is 0 Å². The highest BCUT2D eigenvalue weighted by Gasteiger charge is 2.02. The van der Waals surface area contributed by atoms with Crippen molar-refractivity contribution in [3.63, 3.8) is 0 Å². The quantitative estimate of drug-likeness (QED) is 0.859. The summed E-state index contributed by atoms with van der Waals surface area (Å²) in [7, 11) is 0. The van der Waals surface area contributed by atoms with Gasteiger partial charge < -0.3 is 5.32 Å². The molecule has 1 heterocycles. The van der Waals surface area contributed by atoms with Crippen LogP contribution in [0.3, 0.4) is 0 Å². The molecule has 0 fully saturated rings. The van der Waals surface area contributed by atoms with Crippen molar-refractivity contribution < 1.29 is 0 Å². The summed E-state index contributed by atoms with van der Waals surface area (Å²) in [5, 5.41) is 3.26. The molecule has 1 N–H and O–H groups in total. The molecule has 2 nitrogen and oxygen atoms in total. The molecule has 0 radical (unpaired) electrons. The van der Waals surface area contributed by atoms with Gasteiger partial charge in [-0.2, -0.15) is 0 Å². The number of rotatable bonds is 2. The summed E-state index contributed by atoms with van der Waals surface area (Å²) in [5.74, 6) is 0.828. The lowest BCUT2D eigenvalue weighted by molar-refractivity contribution is 1.28. The van der Waals surface area contributed by atoms with Gasteiger partial charge in [0.1, 0.15) is 5.82 Å². The van der Waals surface area contributed by atoms with Gasteiger partial charge in [-0.3, -0.25) is 0 Å². The first-order valence-corrected chi connectivity index (χ1v) is 6.39. The van der Waals surface area contributed by atoms with Crippen molar-refractivity contribution in [3.8, 4) is 0 Å². The van der Waals surface area contributed by atoms with Gasteiger partial charge in [0.25, 0.3) is 0 Å². The smallest absolute Gasteiger partial charge is 0.130 e. The van der Waals surface area contributed by atoms with Gasteiger partial charge >= 0.3 is 0 Å². The van der Waals surface area contributed by atoms with Gasteiger partial charge in [-0.1, -0.05) is 12.1 Å². The van der Waals surface area contributed by atoms with E-state index in [9.17, 15) is 0 Å². The first kappa shape index (κ1) is 11.6. The number of benzene rings is 1. The highest BCUT2D eigenvalue weighted by Crippen LogP contribution is 2.28. The van der Waals surface area contributed by atoms with Crippen LogP contribution in [0.15, 0.2) is 45.5 Å². The first-order valence-electron chi connectivity index (χ1n) is 4.80. The second-order valence-electron chi connectivity index (χ2n) is 3.42. The first-order chi connectivity index (χ1) is 7.66. The van der Waals surface area contributed by atoms with Gasteiger partial charge in [0.2, 0.25) is 0 Å². The second-order valence-corrected chi connectivity index (χ2v) is 5.13. The Morgan fingerprint density at radius 2 is 1.94 bits per heavy atom. The average Bonchev–Trinajstić information content (AvgIpc) is 2.28. The third kappa shape index (κ3) is 2.62. The number of hydrogen-bond acceptors (Lipinski definition) is 2. The zero-order valence-corrected chi connectivity index (χ0v) is 11.8. The largest absolute Gasteiger partial charge is 0.339 e. The third-order valence-corrected chi connectivity index (χ3v) is 3.70. The number of aryl methyl sites for hydroxylation is 1. The molecule has 0 aliphatic heterocycles. The second kappa shape index (κ2) is 4.97. The summed E-state index contributed by atoms with van der Waals surface area (Å²) >= 11 is 6.91. The summed E-state index contributed by atoms with van der Waals surface area (Å²) in [5.41, 5.74) is 2.22. The number of hydrogen-bond donors (Lipinski definition) is 1. The van der Waals surface area contributed by atoms with E-state index in [1.807, 2.05) is 24.3 Å². The van der Waals surface area contributed by atoms with Gasteiger partial charge in [0.15, 0.2) is 0 Å². The lowest BCUT2D eigenvalue weighted by Gasteiger charge is -2.09. The van der Waals surface area contributed by atoms with Gasteiger partial charge in [-0.25, -0.2) is 4.98 Å². The Morgan fingerprint density at radius 3 is 2.62 bits per heavy atom. The number of aromatic nitrogens is 1. The Bertz CT molecular complexity index is 495. The molecule has 0 atom stereocenters. The molecule has 0 amide bonds. The van der Waals surface area contributed by atoms with E-state index in [-0.39, 0.29) is 0 Å². The number of nitrogens with zero attached hydrogens (tertiary/aromatic N) is 1. The maximum Gasteiger partial charge on any atom is 0.130 e. The Hall–Kier alpha value is -0.870. The van der Waals surface area contributed by atoms with Crippen molar-refractivity contribution >= 4 is 43.4 Å². The fourth-order valence-electron chi connectivity index (χ4n) is 1.33. The van der Waals surface area contributed by atoms with Crippen LogP contribution < -0.4 is 5.32 Å². The van der Waals surface area contributed by atoms with Crippen molar-refractivity contribution in [1.29, 1.82) is 0 Å². The molecule has 0 spiro atoms. The monoisotopic (exact) mass is 340 g/mol. The van der Waals surface area contributed by atoms with E-state index in [1.165, 1.54) is 5.56 Å². The Kier molecular flexibility index (Phi) is 3.61. The highest BCUT2D eigenvalue weighted by molar-refractivity contribution is 9.11. The molecule has 2 aromatic rings. The zero-order chi connectivity index (χ0) is 11.5. The average molecular weight is 342 g/mol. The lowest BCUT2D eigenvalue weighted by atomic mass is 10.2. The molecular formula is C12H10Br2N2. The number of halogens is 2. The van der Waals surface area contributed by atoms with Crippen LogP contribution in [0, 0.1) is 6.92 Å². The molecular weight excluding hydrogens is 332 g/mol. The minimum Gasteiger partial charge on any atom is -0.339 e. The molecule has 4 heteroatoms. The van der Waals surface area contributed by atoms with Gasteiger partial charge in [-0.15, -0.1) is 0 Å². The molecule has 0 aliphatic carbocycles. The molecule has 2 rings (SSSR count). The SMILES string of the molecule is Cc1cccc(Nc2ccc(Br)cn2)c1Br. The minimum absolute atomic E-state index is 0.828. The maximum absolute atomic E-state index is 4.27. The Morgan fingerprint density at radius 1 is 1.12 bits per heavy atom. The van der Waals surface area contributed by atoms with Crippen LogP contribution in [0.4, 0.5) is 11.5 Å². The van der Waals surface area contributed by atoms with Crippen molar-refractivity contribution in [2.45, 2.75) is 6.92 Å². The molecule has 16 heavy (non-hydrogen) atoms. The minimum atomic E-state index is 0.828. The molecule has 82 valence electrons. The van der Waals surface area contributed by atoms with E-state index < -0.39 is 0 Å². The number of anilines is 2. The summed E-state index contributed by atoms with van der Waals surface area (Å²) < 4.78 is 2.04. The number of nitrogens with one attached hydrogen (secondary N) is 1. The van der Waals surface area contributed by atoms with Gasteiger partial charge in [0, 0.05) is 15.1 Å². The van der Waals surface area contributed by atoms with E-state index in [0.717, 1.165) is 20.5 Å². The third-order valence-electron chi connectivity index (χ3n) is 2.18. The molecule has 0 bridgehead atoms. The van der Waals surface area contributed by atoms with Crippen LogP contribution in [0.25, 0.3) is 0 Å². The van der Waals surface area contributed by atoms with Gasteiger partial charge in [0.05, 0.1) is 5.69 Å². The topological polar surface area (TPSA) is 24.9 Å². The molecule has 1 aromatic carbocycles. The van der Waals surface area contributed by atoms with Crippen molar-refractivity contribution in [2.75, 3.05) is 5.32 Å². The summed E-state index contributed by atoms with van der Waals surface area (Å²) in [6.45, 7) is 2.06. The Balaban J connectivity index is 2.27. The van der Waals surface area contributed by atoms with Crippen LogP contribution in [0.2, 0.25) is 0 Å². The number of pyridine rings is 1. The predicted octanol–water partition coefficient (Wildman–Crippen LogP) is 4.66. The molecule has 1 aromatic heterocycles. The normalized spacial score (nSPS) is 10.2. The van der Waals surface area contributed by atoms with Crippen LogP contribution >= 0.6 is 31.9 Å². The molecule has 0 saturated heterocycles. The van der Waals surface area contributed by atoms with E-state index in [2.05, 4.69) is 55.2 Å². The van der Waals surface area contributed by atoms with E-state index in [0.29, 0.717) is 0 Å². The molecule has 0 saturated carbocycles. The van der Waals surface area contributed by atoms with Crippen LogP contribution in [0.1, 0.15) is 5.56 Å². The van der Waals surface area contributed by atoms with Gasteiger partial charge in [-0.05, 0) is 62.5 Å². The van der Waals surface area contributed by atoms with E-state index in [4.69, 9.17) is 0 Å². The zero-order valence-electron chi connectivity index (χ0n) is 8.67. The fraction of sp³-hybridized carbons (Fsp3) is 0.0833. The van der Waals surface area contributed by atoms with Crippen molar-refractivity contribution in [3.05, 3.63) is 51.0 Å². The van der Waals surface area contributed by atoms with Crippen LogP contribution in [-0.4, -0.2) is 4.98 Å². The lowest BCUT2D eigenvalue weighted by Crippen LogP contribution is -1.94. The van der Waals surface area contributed by atoms with Crippen LogP contribution in [-0.2, 0) is 0 Å². The summed E-state index contributed by atoms with van der Waals surface area (Å²) in [6.07, 6.45) is 1.77. The van der Waals surface area contributed by atoms with Crippen LogP contribution in [0.5, 0.6) is 0 Å². The molecule has 0 unspecified atom stereocenters. The standard InChI is InChI=1S/C12H10Br2N2/c1-8-3-2-4-10(12(8)14)16-11-6-5-9(13)7-15-11/h2-7H,1H3,(H,15,16). The van der Waals surface area contributed by atoms with E-state index >= 15 is 0 Å². The predicted molar refractivity (Wildman–Crippen MR) is 74.1 cm³/mol. The summed E-state index contributed by atoms with van der Waals surface area (Å²) in [6, 6.07) is 9.98. The van der Waals surface area contributed by atoms with E-state index in [1.54, 1.807) is 6.20 Å². The summed E-state index contributed by atoms with van der Waals surface area (Å²) in [4.78, 5) is 4.27. The Labute approximate surface area is 111 Å².